The molecule has 21 heavy (non-hydrogen) atoms. The first-order chi connectivity index (χ1) is 10.0. The summed E-state index contributed by atoms with van der Waals surface area (Å²) in [5, 5.41) is 4.72. The van der Waals surface area contributed by atoms with Crippen LogP contribution in [0.5, 0.6) is 5.75 Å². The minimum atomic E-state index is 0.118. The largest absolute Gasteiger partial charge is 0.496 e. The zero-order chi connectivity index (χ0) is 15.4. The fourth-order valence-electron chi connectivity index (χ4n) is 2.29. The number of likely N-dealkylation sites (N-methyl/N-ethyl adjacent to an activating group) is 1. The van der Waals surface area contributed by atoms with Crippen LogP contribution in [0.4, 0.5) is 0 Å². The molecule has 112 valence electrons. The summed E-state index contributed by atoms with van der Waals surface area (Å²) >= 11 is 15.7. The first-order valence-electron chi connectivity index (χ1n) is 6.49. The van der Waals surface area contributed by atoms with E-state index >= 15 is 0 Å². The van der Waals surface area contributed by atoms with E-state index in [2.05, 4.69) is 27.3 Å². The standard InChI is InChI=1S/C16H16BrCl2NO/c1-20-15(10-5-12(17)9-14(19)6-10)8-11-7-13(18)3-4-16(11)21-2/h3-7,9,15,20H,8H2,1-2H3. The van der Waals surface area contributed by atoms with Gasteiger partial charge >= 0.3 is 0 Å². The van der Waals surface area contributed by atoms with Gasteiger partial charge in [0.05, 0.1) is 7.11 Å². The second kappa shape index (κ2) is 7.50. The van der Waals surface area contributed by atoms with Crippen molar-refractivity contribution in [1.29, 1.82) is 0 Å². The van der Waals surface area contributed by atoms with Crippen molar-refractivity contribution in [2.24, 2.45) is 0 Å². The average molecular weight is 389 g/mol. The highest BCUT2D eigenvalue weighted by Crippen LogP contribution is 2.30. The number of nitrogens with one attached hydrogen (secondary N) is 1. The van der Waals surface area contributed by atoms with Crippen molar-refractivity contribution in [3.63, 3.8) is 0 Å². The Labute approximate surface area is 143 Å². The van der Waals surface area contributed by atoms with Crippen LogP contribution in [-0.2, 0) is 6.42 Å². The lowest BCUT2D eigenvalue weighted by molar-refractivity contribution is 0.406. The van der Waals surface area contributed by atoms with Crippen molar-refractivity contribution < 1.29 is 4.74 Å². The molecule has 1 N–H and O–H groups in total. The van der Waals surface area contributed by atoms with Crippen LogP contribution < -0.4 is 10.1 Å². The van der Waals surface area contributed by atoms with Crippen molar-refractivity contribution in [3.8, 4) is 5.75 Å². The molecule has 2 aromatic carbocycles. The molecule has 0 radical (unpaired) electrons. The van der Waals surface area contributed by atoms with Gasteiger partial charge < -0.3 is 10.1 Å². The zero-order valence-corrected chi connectivity index (χ0v) is 14.9. The fourth-order valence-corrected chi connectivity index (χ4v) is 3.37. The van der Waals surface area contributed by atoms with E-state index in [0.29, 0.717) is 10.0 Å². The molecule has 0 aliphatic carbocycles. The summed E-state index contributed by atoms with van der Waals surface area (Å²) < 4.78 is 6.37. The molecular weight excluding hydrogens is 373 g/mol. The fraction of sp³-hybridized carbons (Fsp3) is 0.250. The van der Waals surface area contributed by atoms with Crippen LogP contribution in [0.15, 0.2) is 40.9 Å². The Bertz CT molecular complexity index is 613. The maximum absolute atomic E-state index is 6.13. The summed E-state index contributed by atoms with van der Waals surface area (Å²) in [6.45, 7) is 0. The molecule has 0 fully saturated rings. The molecule has 0 saturated carbocycles. The van der Waals surface area contributed by atoms with Crippen LogP contribution in [-0.4, -0.2) is 14.2 Å². The Kier molecular flexibility index (Phi) is 5.94. The number of halogens is 3. The van der Waals surface area contributed by atoms with Gasteiger partial charge in [-0.2, -0.15) is 0 Å². The van der Waals surface area contributed by atoms with E-state index in [0.717, 1.165) is 27.8 Å². The van der Waals surface area contributed by atoms with E-state index in [1.807, 2.05) is 37.4 Å². The Morgan fingerprint density at radius 1 is 1.14 bits per heavy atom. The number of ether oxygens (including phenoxy) is 1. The highest BCUT2D eigenvalue weighted by molar-refractivity contribution is 9.10. The summed E-state index contributed by atoms with van der Waals surface area (Å²) in [4.78, 5) is 0. The van der Waals surface area contributed by atoms with Crippen molar-refractivity contribution in [3.05, 3.63) is 62.0 Å². The second-order valence-electron chi connectivity index (χ2n) is 4.70. The summed E-state index contributed by atoms with van der Waals surface area (Å²) in [5.41, 5.74) is 2.17. The second-order valence-corrected chi connectivity index (χ2v) is 6.49. The third-order valence-electron chi connectivity index (χ3n) is 3.30. The van der Waals surface area contributed by atoms with Crippen LogP contribution in [0.3, 0.4) is 0 Å². The van der Waals surface area contributed by atoms with Crippen molar-refractivity contribution in [2.75, 3.05) is 14.2 Å². The van der Waals surface area contributed by atoms with Crippen molar-refractivity contribution in [1.82, 2.24) is 5.32 Å². The lowest BCUT2D eigenvalue weighted by Crippen LogP contribution is -2.19. The smallest absolute Gasteiger partial charge is 0.122 e. The first-order valence-corrected chi connectivity index (χ1v) is 8.04. The highest BCUT2D eigenvalue weighted by atomic mass is 79.9. The SMILES string of the molecule is CNC(Cc1cc(Cl)ccc1OC)c1cc(Cl)cc(Br)c1. The Hall–Kier alpha value is -0.740. The van der Waals surface area contributed by atoms with E-state index in [1.54, 1.807) is 7.11 Å². The number of rotatable bonds is 5. The Morgan fingerprint density at radius 2 is 1.90 bits per heavy atom. The summed E-state index contributed by atoms with van der Waals surface area (Å²) in [6, 6.07) is 11.7. The highest BCUT2D eigenvalue weighted by Gasteiger charge is 2.15. The van der Waals surface area contributed by atoms with Crippen molar-refractivity contribution >= 4 is 39.1 Å². The number of benzene rings is 2. The molecule has 0 saturated heterocycles. The van der Waals surface area contributed by atoms with Gasteiger partial charge in [0.25, 0.3) is 0 Å². The molecule has 0 heterocycles. The van der Waals surface area contributed by atoms with Crippen LogP contribution >= 0.6 is 39.1 Å². The van der Waals surface area contributed by atoms with Crippen LogP contribution in [0.1, 0.15) is 17.2 Å². The minimum absolute atomic E-state index is 0.118. The average Bonchev–Trinajstić information content (AvgIpc) is 2.43. The summed E-state index contributed by atoms with van der Waals surface area (Å²) in [7, 11) is 3.59. The van der Waals surface area contributed by atoms with Crippen LogP contribution in [0, 0.1) is 0 Å². The van der Waals surface area contributed by atoms with Crippen molar-refractivity contribution in [2.45, 2.75) is 12.5 Å². The van der Waals surface area contributed by atoms with E-state index in [9.17, 15) is 0 Å². The van der Waals surface area contributed by atoms with Gasteiger partial charge in [0.15, 0.2) is 0 Å². The van der Waals surface area contributed by atoms with Gasteiger partial charge in [0.1, 0.15) is 5.75 Å². The molecule has 0 aliphatic rings. The molecule has 0 bridgehead atoms. The normalized spacial score (nSPS) is 12.2. The van der Waals surface area contributed by atoms with Gasteiger partial charge in [-0.05, 0) is 61.0 Å². The number of hydrogen-bond donors (Lipinski definition) is 1. The van der Waals surface area contributed by atoms with Gasteiger partial charge in [-0.25, -0.2) is 0 Å². The van der Waals surface area contributed by atoms with Gasteiger partial charge in [0.2, 0.25) is 0 Å². The topological polar surface area (TPSA) is 21.3 Å². The lowest BCUT2D eigenvalue weighted by Gasteiger charge is -2.19. The van der Waals surface area contributed by atoms with E-state index in [-0.39, 0.29) is 6.04 Å². The van der Waals surface area contributed by atoms with E-state index in [1.165, 1.54) is 0 Å². The summed E-state index contributed by atoms with van der Waals surface area (Å²) in [6.07, 6.45) is 0.757. The Morgan fingerprint density at radius 3 is 2.52 bits per heavy atom. The predicted molar refractivity (Wildman–Crippen MR) is 92.7 cm³/mol. The summed E-state index contributed by atoms with van der Waals surface area (Å²) in [5.74, 6) is 0.834. The molecule has 2 nitrogen and oxygen atoms in total. The van der Waals surface area contributed by atoms with Gasteiger partial charge in [-0.1, -0.05) is 39.1 Å². The number of hydrogen-bond acceptors (Lipinski definition) is 2. The molecule has 2 rings (SSSR count). The molecule has 0 amide bonds. The molecule has 1 atom stereocenters. The minimum Gasteiger partial charge on any atom is -0.496 e. The lowest BCUT2D eigenvalue weighted by atomic mass is 9.98. The predicted octanol–water partition coefficient (Wildman–Crippen LogP) is 5.27. The van der Waals surface area contributed by atoms with Gasteiger partial charge in [-0.15, -0.1) is 0 Å². The molecular formula is C16H16BrCl2NO. The molecule has 5 heteroatoms. The third kappa shape index (κ3) is 4.36. The van der Waals surface area contributed by atoms with E-state index < -0.39 is 0 Å². The molecule has 0 aromatic heterocycles. The quantitative estimate of drug-likeness (QED) is 0.753. The maximum atomic E-state index is 6.13. The zero-order valence-electron chi connectivity index (χ0n) is 11.8. The molecule has 0 spiro atoms. The number of methoxy groups -OCH3 is 1. The molecule has 2 aromatic rings. The van der Waals surface area contributed by atoms with E-state index in [4.69, 9.17) is 27.9 Å². The van der Waals surface area contributed by atoms with Crippen LogP contribution in [0.25, 0.3) is 0 Å². The first kappa shape index (κ1) is 16.6. The van der Waals surface area contributed by atoms with Crippen LogP contribution in [0.2, 0.25) is 10.0 Å². The Balaban J connectivity index is 2.32. The maximum Gasteiger partial charge on any atom is 0.122 e. The molecule has 0 aliphatic heterocycles. The van der Waals surface area contributed by atoms with Gasteiger partial charge in [0, 0.05) is 20.6 Å². The molecule has 1 unspecified atom stereocenters. The monoisotopic (exact) mass is 387 g/mol. The third-order valence-corrected chi connectivity index (χ3v) is 4.21. The van der Waals surface area contributed by atoms with Gasteiger partial charge in [-0.3, -0.25) is 0 Å².